The summed E-state index contributed by atoms with van der Waals surface area (Å²) in [5.41, 5.74) is 12.0. The van der Waals surface area contributed by atoms with Gasteiger partial charge in [0, 0.05) is 32.8 Å². The van der Waals surface area contributed by atoms with Gasteiger partial charge in [-0.2, -0.15) is 0 Å². The highest BCUT2D eigenvalue weighted by atomic mass is 15.0. The summed E-state index contributed by atoms with van der Waals surface area (Å²) in [4.78, 5) is 0. The van der Waals surface area contributed by atoms with E-state index in [0.29, 0.717) is 0 Å². The van der Waals surface area contributed by atoms with Gasteiger partial charge in [-0.25, -0.2) is 0 Å². The topological polar surface area (TPSA) is 9.86 Å². The molecule has 0 unspecified atom stereocenters. The van der Waals surface area contributed by atoms with Gasteiger partial charge in [-0.1, -0.05) is 140 Å². The molecule has 0 amide bonds. The van der Waals surface area contributed by atoms with Crippen LogP contribution in [0.3, 0.4) is 0 Å². The highest BCUT2D eigenvalue weighted by Crippen LogP contribution is 2.43. The van der Waals surface area contributed by atoms with Crippen LogP contribution in [0.15, 0.2) is 194 Å². The lowest BCUT2D eigenvalue weighted by atomic mass is 9.98. The fourth-order valence-corrected chi connectivity index (χ4v) is 8.59. The smallest absolute Gasteiger partial charge is 0.0547 e. The van der Waals surface area contributed by atoms with Crippen molar-refractivity contribution in [3.63, 3.8) is 0 Å². The molecule has 0 atom stereocenters. The van der Waals surface area contributed by atoms with Crippen LogP contribution in [0.2, 0.25) is 0 Å². The zero-order chi connectivity index (χ0) is 34.2. The van der Waals surface area contributed by atoms with Gasteiger partial charge in [0.15, 0.2) is 0 Å². The SMILES string of the molecule is c1ccc(-c2ccccc2-n2c3ccc(-c4ccc5c(c4)c4c6ccccc6ccc4n5-c4ccccc4)cc3c3c4ccccc4ccc32)cc1. The van der Waals surface area contributed by atoms with Gasteiger partial charge in [0.25, 0.3) is 0 Å². The van der Waals surface area contributed by atoms with Crippen LogP contribution in [0.1, 0.15) is 0 Å². The Morgan fingerprint density at radius 2 is 0.769 bits per heavy atom. The third kappa shape index (κ3) is 4.25. The van der Waals surface area contributed by atoms with Crippen molar-refractivity contribution in [3.8, 4) is 33.6 Å². The predicted molar refractivity (Wildman–Crippen MR) is 221 cm³/mol. The van der Waals surface area contributed by atoms with E-state index in [0.717, 1.165) is 0 Å². The summed E-state index contributed by atoms with van der Waals surface area (Å²) in [6.45, 7) is 0. The Morgan fingerprint density at radius 3 is 1.40 bits per heavy atom. The number of fused-ring (bicyclic) bond motifs is 10. The maximum absolute atomic E-state index is 2.46. The van der Waals surface area contributed by atoms with Crippen molar-refractivity contribution < 1.29 is 0 Å². The highest BCUT2D eigenvalue weighted by Gasteiger charge is 2.20. The van der Waals surface area contributed by atoms with Gasteiger partial charge < -0.3 is 9.13 Å². The lowest BCUT2D eigenvalue weighted by Gasteiger charge is -2.14. The molecule has 0 spiro atoms. The van der Waals surface area contributed by atoms with E-state index in [-0.39, 0.29) is 0 Å². The van der Waals surface area contributed by atoms with Crippen molar-refractivity contribution in [2.24, 2.45) is 0 Å². The number of benzene rings is 9. The molecule has 0 radical (unpaired) electrons. The molecule has 0 bridgehead atoms. The van der Waals surface area contributed by atoms with Gasteiger partial charge in [-0.3, -0.25) is 0 Å². The number of para-hydroxylation sites is 2. The Bertz CT molecular complexity index is 3160. The fraction of sp³-hybridized carbons (Fsp3) is 0. The third-order valence-corrected chi connectivity index (χ3v) is 10.9. The van der Waals surface area contributed by atoms with Crippen LogP contribution in [-0.4, -0.2) is 9.13 Å². The van der Waals surface area contributed by atoms with E-state index < -0.39 is 0 Å². The van der Waals surface area contributed by atoms with Gasteiger partial charge >= 0.3 is 0 Å². The van der Waals surface area contributed by atoms with Crippen LogP contribution in [0, 0.1) is 0 Å². The van der Waals surface area contributed by atoms with E-state index in [1.165, 1.54) is 98.8 Å². The molecule has 242 valence electrons. The summed E-state index contributed by atoms with van der Waals surface area (Å²) >= 11 is 0. The van der Waals surface area contributed by atoms with Crippen LogP contribution in [0.4, 0.5) is 0 Å². The van der Waals surface area contributed by atoms with E-state index in [1.54, 1.807) is 0 Å². The first kappa shape index (κ1) is 28.9. The molecular weight excluding hydrogens is 629 g/mol. The van der Waals surface area contributed by atoms with Gasteiger partial charge in [0.1, 0.15) is 0 Å². The summed E-state index contributed by atoms with van der Waals surface area (Å²) in [6, 6.07) is 71.0. The monoisotopic (exact) mass is 660 g/mol. The minimum atomic E-state index is 1.17. The average Bonchev–Trinajstić information content (AvgIpc) is 3.74. The second-order valence-electron chi connectivity index (χ2n) is 13.7. The molecule has 11 rings (SSSR count). The molecule has 2 nitrogen and oxygen atoms in total. The number of hydrogen-bond acceptors (Lipinski definition) is 0. The molecule has 52 heavy (non-hydrogen) atoms. The van der Waals surface area contributed by atoms with Crippen molar-refractivity contribution in [3.05, 3.63) is 194 Å². The second-order valence-corrected chi connectivity index (χ2v) is 13.7. The lowest BCUT2D eigenvalue weighted by Crippen LogP contribution is -1.97. The van der Waals surface area contributed by atoms with Crippen LogP contribution < -0.4 is 0 Å². The molecule has 2 heteroatoms. The van der Waals surface area contributed by atoms with Crippen molar-refractivity contribution in [1.82, 2.24) is 9.13 Å². The van der Waals surface area contributed by atoms with Crippen molar-refractivity contribution in [2.45, 2.75) is 0 Å². The zero-order valence-electron chi connectivity index (χ0n) is 28.4. The van der Waals surface area contributed by atoms with Crippen LogP contribution in [0.5, 0.6) is 0 Å². The first-order chi connectivity index (χ1) is 25.8. The molecule has 0 N–H and O–H groups in total. The van der Waals surface area contributed by atoms with Gasteiger partial charge in [0.05, 0.1) is 27.8 Å². The number of rotatable bonds is 4. The summed E-state index contributed by atoms with van der Waals surface area (Å²) in [7, 11) is 0. The highest BCUT2D eigenvalue weighted by molar-refractivity contribution is 6.23. The molecule has 0 fully saturated rings. The number of aromatic nitrogens is 2. The Balaban J connectivity index is 1.20. The van der Waals surface area contributed by atoms with E-state index >= 15 is 0 Å². The molecule has 0 saturated heterocycles. The molecule has 0 saturated carbocycles. The standard InChI is InChI=1S/C50H32N2/c1-3-13-33(14-4-1)39-19-11-12-22-44(39)52-46-28-26-37(32-43(46)50-41-21-10-8-16-35(41)24-30-48(50)52)36-25-27-45-42(31-36)49-40-20-9-7-15-34(40)23-29-47(49)51(45)38-17-5-2-6-18-38/h1-32H. The molecule has 2 heterocycles. The summed E-state index contributed by atoms with van der Waals surface area (Å²) < 4.78 is 4.88. The third-order valence-electron chi connectivity index (χ3n) is 10.9. The summed E-state index contributed by atoms with van der Waals surface area (Å²) in [5.74, 6) is 0. The molecule has 0 aliphatic carbocycles. The normalized spacial score (nSPS) is 11.8. The zero-order valence-corrected chi connectivity index (χ0v) is 28.4. The Morgan fingerprint density at radius 1 is 0.288 bits per heavy atom. The first-order valence-electron chi connectivity index (χ1n) is 17.9. The number of hydrogen-bond donors (Lipinski definition) is 0. The van der Waals surface area contributed by atoms with Gasteiger partial charge in [-0.15, -0.1) is 0 Å². The molecule has 2 aromatic heterocycles. The van der Waals surface area contributed by atoms with E-state index in [4.69, 9.17) is 0 Å². The van der Waals surface area contributed by atoms with Crippen molar-refractivity contribution in [2.75, 3.05) is 0 Å². The quantitative estimate of drug-likeness (QED) is 0.178. The average molecular weight is 661 g/mol. The maximum Gasteiger partial charge on any atom is 0.0547 e. The molecule has 11 aromatic rings. The van der Waals surface area contributed by atoms with E-state index in [2.05, 4.69) is 203 Å². The summed E-state index contributed by atoms with van der Waals surface area (Å²) in [6.07, 6.45) is 0. The molecule has 9 aromatic carbocycles. The van der Waals surface area contributed by atoms with Gasteiger partial charge in [0.2, 0.25) is 0 Å². The largest absolute Gasteiger partial charge is 0.309 e. The Labute approximate surface area is 301 Å². The van der Waals surface area contributed by atoms with Crippen LogP contribution in [-0.2, 0) is 0 Å². The Kier molecular flexibility index (Phi) is 6.28. The fourth-order valence-electron chi connectivity index (χ4n) is 8.59. The summed E-state index contributed by atoms with van der Waals surface area (Å²) in [5, 5.41) is 10.1. The van der Waals surface area contributed by atoms with Crippen LogP contribution in [0.25, 0.3) is 98.8 Å². The second kappa shape index (κ2) is 11.3. The Hall–Kier alpha value is -6.90. The maximum atomic E-state index is 2.46. The molecule has 0 aliphatic heterocycles. The molecule has 0 aliphatic rings. The van der Waals surface area contributed by atoms with Gasteiger partial charge in [-0.05, 0) is 92.8 Å². The minimum absolute atomic E-state index is 1.17. The van der Waals surface area contributed by atoms with Crippen molar-refractivity contribution in [1.29, 1.82) is 0 Å². The van der Waals surface area contributed by atoms with E-state index in [1.807, 2.05) is 0 Å². The molecular formula is C50H32N2. The predicted octanol–water partition coefficient (Wildman–Crippen LogP) is 13.5. The first-order valence-corrected chi connectivity index (χ1v) is 17.9. The number of nitrogens with zero attached hydrogens (tertiary/aromatic N) is 2. The lowest BCUT2D eigenvalue weighted by molar-refractivity contribution is 1.18. The van der Waals surface area contributed by atoms with Crippen molar-refractivity contribution >= 4 is 65.2 Å². The van der Waals surface area contributed by atoms with E-state index in [9.17, 15) is 0 Å². The minimum Gasteiger partial charge on any atom is -0.309 e. The van der Waals surface area contributed by atoms with Crippen LogP contribution >= 0.6 is 0 Å².